The molecule has 1 aliphatic rings. The molecular weight excluding hydrogens is 332 g/mol. The van der Waals surface area contributed by atoms with E-state index in [1.807, 2.05) is 30.3 Å². The molecule has 1 aromatic heterocycles. The maximum Gasteiger partial charge on any atom is 0.220 e. The Morgan fingerprint density at radius 3 is 2.96 bits per heavy atom. The van der Waals surface area contributed by atoms with Crippen LogP contribution in [0.2, 0.25) is 0 Å². The molecule has 0 radical (unpaired) electrons. The van der Waals surface area contributed by atoms with E-state index in [4.69, 9.17) is 13.9 Å². The molecule has 0 aliphatic carbocycles. The first-order valence-corrected chi connectivity index (χ1v) is 8.28. The summed E-state index contributed by atoms with van der Waals surface area (Å²) in [5.74, 6) is -0.148. The van der Waals surface area contributed by atoms with Crippen LogP contribution in [-0.2, 0) is 11.2 Å². The van der Waals surface area contributed by atoms with Crippen molar-refractivity contribution in [1.82, 2.24) is 4.98 Å². The second kappa shape index (κ2) is 6.52. The molecule has 2 aromatic carbocycles. The lowest BCUT2D eigenvalue weighted by Crippen LogP contribution is -2.31. The molecule has 3 aromatic rings. The molecule has 0 saturated heterocycles. The van der Waals surface area contributed by atoms with Gasteiger partial charge < -0.3 is 13.9 Å². The third kappa shape index (κ3) is 2.78. The zero-order chi connectivity index (χ0) is 18.1. The number of nitrogens with zero attached hydrogens (tertiary/aromatic N) is 2. The maximum atomic E-state index is 12.9. The Labute approximate surface area is 150 Å². The first kappa shape index (κ1) is 16.2. The van der Waals surface area contributed by atoms with Gasteiger partial charge in [0.1, 0.15) is 17.0 Å². The lowest BCUT2D eigenvalue weighted by atomic mass is 9.87. The van der Waals surface area contributed by atoms with Crippen molar-refractivity contribution in [1.29, 1.82) is 5.26 Å². The summed E-state index contributed by atoms with van der Waals surface area (Å²) in [5.41, 5.74) is 2.12. The molecule has 1 aliphatic heterocycles. The Balaban J connectivity index is 1.58. The van der Waals surface area contributed by atoms with Gasteiger partial charge in [0.15, 0.2) is 17.3 Å². The van der Waals surface area contributed by atoms with Crippen molar-refractivity contribution in [2.24, 2.45) is 5.92 Å². The number of oxazole rings is 1. The number of ether oxygens (including phenoxy) is 2. The van der Waals surface area contributed by atoms with E-state index in [0.717, 1.165) is 5.56 Å². The number of benzene rings is 2. The van der Waals surface area contributed by atoms with Gasteiger partial charge in [-0.3, -0.25) is 4.79 Å². The summed E-state index contributed by atoms with van der Waals surface area (Å²) in [6.45, 7) is 0.220. The van der Waals surface area contributed by atoms with Gasteiger partial charge in [-0.25, -0.2) is 4.98 Å². The van der Waals surface area contributed by atoms with E-state index >= 15 is 0 Å². The number of aromatic nitrogens is 1. The Morgan fingerprint density at radius 1 is 1.35 bits per heavy atom. The number of methoxy groups -OCH3 is 1. The third-order valence-electron chi connectivity index (χ3n) is 4.55. The fourth-order valence-electron chi connectivity index (χ4n) is 3.15. The van der Waals surface area contributed by atoms with Crippen molar-refractivity contribution >= 4 is 16.9 Å². The van der Waals surface area contributed by atoms with Gasteiger partial charge in [-0.15, -0.1) is 0 Å². The van der Waals surface area contributed by atoms with E-state index in [9.17, 15) is 10.1 Å². The van der Waals surface area contributed by atoms with Crippen LogP contribution in [0.4, 0.5) is 0 Å². The average molecular weight is 348 g/mol. The Hall–Kier alpha value is -3.33. The number of fused-ring (bicyclic) bond motifs is 2. The van der Waals surface area contributed by atoms with Gasteiger partial charge in [-0.2, -0.15) is 5.26 Å². The fraction of sp³-hybridized carbons (Fsp3) is 0.250. The minimum absolute atomic E-state index is 0.138. The summed E-state index contributed by atoms with van der Waals surface area (Å²) in [5, 5.41) is 9.54. The van der Waals surface area contributed by atoms with Crippen LogP contribution in [0.25, 0.3) is 11.1 Å². The van der Waals surface area contributed by atoms with Gasteiger partial charge in [0.25, 0.3) is 0 Å². The second-order valence-electron chi connectivity index (χ2n) is 6.17. The number of hydrogen-bond donors (Lipinski definition) is 0. The molecule has 0 N–H and O–H groups in total. The quantitative estimate of drug-likeness (QED) is 0.719. The minimum atomic E-state index is -1.05. The topological polar surface area (TPSA) is 85.4 Å². The van der Waals surface area contributed by atoms with Crippen LogP contribution in [0.3, 0.4) is 0 Å². The van der Waals surface area contributed by atoms with Crippen molar-refractivity contribution < 1.29 is 18.7 Å². The number of hydrogen-bond acceptors (Lipinski definition) is 6. The molecule has 6 heteroatoms. The Morgan fingerprint density at radius 2 is 2.19 bits per heavy atom. The molecule has 0 saturated carbocycles. The molecule has 4 rings (SSSR count). The number of ketones is 1. The third-order valence-corrected chi connectivity index (χ3v) is 4.55. The molecule has 0 bridgehead atoms. The first-order valence-electron chi connectivity index (χ1n) is 8.28. The highest BCUT2D eigenvalue weighted by molar-refractivity contribution is 5.90. The van der Waals surface area contributed by atoms with Crippen LogP contribution in [0.1, 0.15) is 17.4 Å². The molecule has 26 heavy (non-hydrogen) atoms. The molecule has 2 heterocycles. The van der Waals surface area contributed by atoms with Gasteiger partial charge in [-0.1, -0.05) is 18.2 Å². The van der Waals surface area contributed by atoms with Gasteiger partial charge in [0.05, 0.1) is 25.7 Å². The largest absolute Gasteiger partial charge is 0.497 e. The van der Waals surface area contributed by atoms with E-state index in [0.29, 0.717) is 29.0 Å². The normalized spacial score (nSPS) is 17.0. The number of para-hydroxylation sites is 2. The highest BCUT2D eigenvalue weighted by Gasteiger charge is 2.35. The maximum absolute atomic E-state index is 12.9. The van der Waals surface area contributed by atoms with Crippen molar-refractivity contribution in [3.05, 3.63) is 53.9 Å². The van der Waals surface area contributed by atoms with E-state index in [1.54, 1.807) is 25.3 Å². The molecule has 0 fully saturated rings. The Kier molecular flexibility index (Phi) is 4.05. The van der Waals surface area contributed by atoms with Gasteiger partial charge in [-0.05, 0) is 30.2 Å². The lowest BCUT2D eigenvalue weighted by molar-refractivity contribution is -0.124. The van der Waals surface area contributed by atoms with Crippen LogP contribution in [-0.4, -0.2) is 24.5 Å². The van der Waals surface area contributed by atoms with Crippen molar-refractivity contribution in [2.75, 3.05) is 13.7 Å². The standard InChI is InChI=1S/C20H16N2O4/c1-24-14-7-6-12-8-13(11-25-18(12)9-14)19(23)15(10-21)20-22-16-4-2-3-5-17(16)26-20/h2-7,9,13,15H,8,11H2,1H3/t13-,15-/m1/s1. The predicted molar refractivity (Wildman–Crippen MR) is 93.1 cm³/mol. The molecule has 130 valence electrons. The van der Waals surface area contributed by atoms with Gasteiger partial charge in [0, 0.05) is 6.07 Å². The summed E-state index contributed by atoms with van der Waals surface area (Å²) >= 11 is 0. The molecular formula is C20H16N2O4. The molecule has 0 spiro atoms. The van der Waals surface area contributed by atoms with Crippen LogP contribution < -0.4 is 9.47 Å². The first-order chi connectivity index (χ1) is 12.7. The number of Topliss-reactive ketones (excluding diaryl/α,β-unsaturated/α-hetero) is 1. The zero-order valence-corrected chi connectivity index (χ0v) is 14.1. The zero-order valence-electron chi connectivity index (χ0n) is 14.1. The van der Waals surface area contributed by atoms with E-state index < -0.39 is 11.8 Å². The molecule has 6 nitrogen and oxygen atoms in total. The second-order valence-corrected chi connectivity index (χ2v) is 6.17. The van der Waals surface area contributed by atoms with Crippen LogP contribution in [0.15, 0.2) is 46.9 Å². The minimum Gasteiger partial charge on any atom is -0.497 e. The molecule has 2 atom stereocenters. The SMILES string of the molecule is COc1ccc2c(c1)OC[C@H](C(=O)[C@@H](C#N)c1nc3ccccc3o1)C2. The lowest BCUT2D eigenvalue weighted by Gasteiger charge is -2.25. The summed E-state index contributed by atoms with van der Waals surface area (Å²) in [6, 6.07) is 14.8. The summed E-state index contributed by atoms with van der Waals surface area (Å²) in [6.07, 6.45) is 0.510. The monoisotopic (exact) mass is 348 g/mol. The number of carbonyl (C=O) groups excluding carboxylic acids is 1. The fourth-order valence-corrected chi connectivity index (χ4v) is 3.15. The van der Waals surface area contributed by atoms with Crippen LogP contribution >= 0.6 is 0 Å². The molecule has 0 amide bonds. The summed E-state index contributed by atoms with van der Waals surface area (Å²) in [4.78, 5) is 17.2. The van der Waals surface area contributed by atoms with Crippen LogP contribution in [0.5, 0.6) is 11.5 Å². The summed E-state index contributed by atoms with van der Waals surface area (Å²) in [7, 11) is 1.59. The van der Waals surface area contributed by atoms with Crippen molar-refractivity contribution in [3.8, 4) is 17.6 Å². The predicted octanol–water partition coefficient (Wildman–Crippen LogP) is 3.26. The van der Waals surface area contributed by atoms with E-state index in [1.165, 1.54) is 0 Å². The summed E-state index contributed by atoms with van der Waals surface area (Å²) < 4.78 is 16.5. The smallest absolute Gasteiger partial charge is 0.220 e. The average Bonchev–Trinajstić information content (AvgIpc) is 3.11. The highest BCUT2D eigenvalue weighted by atomic mass is 16.5. The van der Waals surface area contributed by atoms with Crippen molar-refractivity contribution in [2.45, 2.75) is 12.3 Å². The Bertz CT molecular complexity index is 985. The van der Waals surface area contributed by atoms with E-state index in [2.05, 4.69) is 4.98 Å². The van der Waals surface area contributed by atoms with Crippen LogP contribution in [0, 0.1) is 17.2 Å². The van der Waals surface area contributed by atoms with Gasteiger partial charge >= 0.3 is 0 Å². The van der Waals surface area contributed by atoms with Crippen molar-refractivity contribution in [3.63, 3.8) is 0 Å². The molecule has 0 unspecified atom stereocenters. The van der Waals surface area contributed by atoms with Gasteiger partial charge in [0.2, 0.25) is 5.89 Å². The number of nitriles is 1. The van der Waals surface area contributed by atoms with E-state index in [-0.39, 0.29) is 18.3 Å². The number of carbonyl (C=O) groups is 1. The highest BCUT2D eigenvalue weighted by Crippen LogP contribution is 2.33. The number of rotatable bonds is 4.